The van der Waals surface area contributed by atoms with Crippen LogP contribution in [-0.2, 0) is 16.1 Å². The van der Waals surface area contributed by atoms with Crippen LogP contribution >= 0.6 is 0 Å². The molecule has 2 atom stereocenters. The SMILES string of the molecule is Cc1cccc(C2CCC(C(=O)NCc3ccc4c(c3)OCO4)CN2C(=O)C2CC2)c1. The number of ether oxygens (including phenoxy) is 2. The molecular formula is C25H28N2O4. The van der Waals surface area contributed by atoms with Gasteiger partial charge >= 0.3 is 0 Å². The summed E-state index contributed by atoms with van der Waals surface area (Å²) in [4.78, 5) is 28.0. The summed E-state index contributed by atoms with van der Waals surface area (Å²) in [5.41, 5.74) is 3.34. The average Bonchev–Trinajstić information content (AvgIpc) is 3.54. The summed E-state index contributed by atoms with van der Waals surface area (Å²) in [7, 11) is 0. The maximum atomic E-state index is 13.1. The van der Waals surface area contributed by atoms with Crippen molar-refractivity contribution in [3.63, 3.8) is 0 Å². The fraction of sp³-hybridized carbons (Fsp3) is 0.440. The van der Waals surface area contributed by atoms with Gasteiger partial charge in [-0.15, -0.1) is 0 Å². The van der Waals surface area contributed by atoms with Crippen molar-refractivity contribution in [2.24, 2.45) is 11.8 Å². The highest BCUT2D eigenvalue weighted by atomic mass is 16.7. The monoisotopic (exact) mass is 420 g/mol. The summed E-state index contributed by atoms with van der Waals surface area (Å²) in [6.07, 6.45) is 3.53. The molecule has 5 rings (SSSR count). The third-order valence-electron chi connectivity index (χ3n) is 6.49. The molecule has 0 aromatic heterocycles. The molecule has 2 aliphatic heterocycles. The molecule has 2 aromatic rings. The van der Waals surface area contributed by atoms with Crippen LogP contribution in [-0.4, -0.2) is 30.1 Å². The predicted molar refractivity (Wildman–Crippen MR) is 115 cm³/mol. The van der Waals surface area contributed by atoms with Crippen molar-refractivity contribution in [3.8, 4) is 11.5 Å². The van der Waals surface area contributed by atoms with Crippen LogP contribution in [0.3, 0.4) is 0 Å². The van der Waals surface area contributed by atoms with Crippen molar-refractivity contribution < 1.29 is 19.1 Å². The van der Waals surface area contributed by atoms with Crippen LogP contribution in [0.5, 0.6) is 11.5 Å². The number of carbonyl (C=O) groups is 2. The van der Waals surface area contributed by atoms with Gasteiger partial charge in [-0.3, -0.25) is 9.59 Å². The van der Waals surface area contributed by atoms with Gasteiger partial charge in [-0.05, 0) is 55.9 Å². The lowest BCUT2D eigenvalue weighted by Crippen LogP contribution is -2.47. The third-order valence-corrected chi connectivity index (χ3v) is 6.49. The van der Waals surface area contributed by atoms with Gasteiger partial charge in [0.05, 0.1) is 12.0 Å². The quantitative estimate of drug-likeness (QED) is 0.800. The Labute approximate surface area is 182 Å². The summed E-state index contributed by atoms with van der Waals surface area (Å²) in [6.45, 7) is 3.23. The van der Waals surface area contributed by atoms with Gasteiger partial charge in [0.1, 0.15) is 0 Å². The van der Waals surface area contributed by atoms with E-state index in [-0.39, 0.29) is 36.5 Å². The number of nitrogens with zero attached hydrogens (tertiary/aromatic N) is 1. The van der Waals surface area contributed by atoms with Gasteiger partial charge in [0.15, 0.2) is 11.5 Å². The molecule has 2 aromatic carbocycles. The largest absolute Gasteiger partial charge is 0.454 e. The van der Waals surface area contributed by atoms with Crippen LogP contribution in [0.1, 0.15) is 48.4 Å². The summed E-state index contributed by atoms with van der Waals surface area (Å²) in [5.74, 6) is 1.62. The van der Waals surface area contributed by atoms with E-state index in [1.54, 1.807) is 0 Å². The molecule has 1 saturated heterocycles. The normalized spacial score (nSPS) is 22.3. The Morgan fingerprint density at radius 2 is 1.81 bits per heavy atom. The van der Waals surface area contributed by atoms with Gasteiger partial charge in [-0.25, -0.2) is 0 Å². The van der Waals surface area contributed by atoms with E-state index in [1.807, 2.05) is 23.1 Å². The Bertz CT molecular complexity index is 1000. The molecule has 1 saturated carbocycles. The minimum absolute atomic E-state index is 0.00829. The van der Waals surface area contributed by atoms with Crippen LogP contribution < -0.4 is 14.8 Å². The first-order valence-corrected chi connectivity index (χ1v) is 11.1. The van der Waals surface area contributed by atoms with Crippen molar-refractivity contribution in [2.75, 3.05) is 13.3 Å². The zero-order chi connectivity index (χ0) is 21.4. The van der Waals surface area contributed by atoms with E-state index >= 15 is 0 Å². The number of nitrogens with one attached hydrogen (secondary N) is 1. The predicted octanol–water partition coefficient (Wildman–Crippen LogP) is 3.73. The summed E-state index contributed by atoms with van der Waals surface area (Å²) in [6, 6.07) is 14.2. The number of hydrogen-bond acceptors (Lipinski definition) is 4. The molecule has 2 amide bonds. The lowest BCUT2D eigenvalue weighted by Gasteiger charge is -2.40. The van der Waals surface area contributed by atoms with Gasteiger partial charge in [-0.1, -0.05) is 35.9 Å². The maximum absolute atomic E-state index is 13.1. The second-order valence-electron chi connectivity index (χ2n) is 8.87. The Morgan fingerprint density at radius 3 is 2.61 bits per heavy atom. The molecule has 2 heterocycles. The van der Waals surface area contributed by atoms with Gasteiger partial charge in [0, 0.05) is 19.0 Å². The van der Waals surface area contributed by atoms with E-state index in [1.165, 1.54) is 11.1 Å². The number of benzene rings is 2. The molecule has 1 aliphatic carbocycles. The Morgan fingerprint density at radius 1 is 1.00 bits per heavy atom. The Hall–Kier alpha value is -3.02. The van der Waals surface area contributed by atoms with Gasteiger partial charge in [-0.2, -0.15) is 0 Å². The fourth-order valence-electron chi connectivity index (χ4n) is 4.60. The minimum atomic E-state index is -0.183. The van der Waals surface area contributed by atoms with E-state index < -0.39 is 0 Å². The number of likely N-dealkylation sites (tertiary alicyclic amines) is 1. The molecule has 0 radical (unpaired) electrons. The highest BCUT2D eigenvalue weighted by Crippen LogP contribution is 2.39. The van der Waals surface area contributed by atoms with E-state index in [4.69, 9.17) is 9.47 Å². The molecule has 0 bridgehead atoms. The second kappa shape index (κ2) is 8.25. The number of carbonyl (C=O) groups excluding carboxylic acids is 2. The highest BCUT2D eigenvalue weighted by Gasteiger charge is 2.41. The minimum Gasteiger partial charge on any atom is -0.454 e. The Kier molecular flexibility index (Phi) is 5.30. The first kappa shape index (κ1) is 19.9. The lowest BCUT2D eigenvalue weighted by molar-refractivity contribution is -0.140. The number of fused-ring (bicyclic) bond motifs is 1. The van der Waals surface area contributed by atoms with Crippen molar-refractivity contribution in [1.29, 1.82) is 0 Å². The van der Waals surface area contributed by atoms with Crippen molar-refractivity contribution in [2.45, 2.75) is 45.2 Å². The van der Waals surface area contributed by atoms with E-state index in [0.29, 0.717) is 18.8 Å². The molecule has 31 heavy (non-hydrogen) atoms. The summed E-state index contributed by atoms with van der Waals surface area (Å²) in [5, 5.41) is 3.05. The molecule has 2 unspecified atom stereocenters. The first-order chi connectivity index (χ1) is 15.1. The second-order valence-corrected chi connectivity index (χ2v) is 8.87. The van der Waals surface area contributed by atoms with Crippen LogP contribution in [0.25, 0.3) is 0 Å². The summed E-state index contributed by atoms with van der Waals surface area (Å²) < 4.78 is 10.8. The molecular weight excluding hydrogens is 392 g/mol. The molecule has 1 N–H and O–H groups in total. The topological polar surface area (TPSA) is 67.9 Å². The van der Waals surface area contributed by atoms with Crippen LogP contribution in [0.2, 0.25) is 0 Å². The zero-order valence-corrected chi connectivity index (χ0v) is 17.8. The number of amides is 2. The van der Waals surface area contributed by atoms with Crippen molar-refractivity contribution in [1.82, 2.24) is 10.2 Å². The third kappa shape index (κ3) is 4.24. The molecule has 162 valence electrons. The van der Waals surface area contributed by atoms with E-state index in [9.17, 15) is 9.59 Å². The fourth-order valence-corrected chi connectivity index (χ4v) is 4.60. The number of piperidine rings is 1. The van der Waals surface area contributed by atoms with Gasteiger partial charge in [0.25, 0.3) is 0 Å². The lowest BCUT2D eigenvalue weighted by atomic mass is 9.87. The summed E-state index contributed by atoms with van der Waals surface area (Å²) >= 11 is 0. The smallest absolute Gasteiger partial charge is 0.231 e. The average molecular weight is 421 g/mol. The molecule has 2 fully saturated rings. The van der Waals surface area contributed by atoms with Gasteiger partial charge < -0.3 is 19.7 Å². The Balaban J connectivity index is 1.26. The zero-order valence-electron chi connectivity index (χ0n) is 17.8. The molecule has 0 spiro atoms. The van der Waals surface area contributed by atoms with Crippen LogP contribution in [0.4, 0.5) is 0 Å². The van der Waals surface area contributed by atoms with Crippen molar-refractivity contribution >= 4 is 11.8 Å². The molecule has 6 heteroatoms. The van der Waals surface area contributed by atoms with Crippen LogP contribution in [0, 0.1) is 18.8 Å². The number of aryl methyl sites for hydroxylation is 1. The molecule has 6 nitrogen and oxygen atoms in total. The molecule has 3 aliphatic rings. The number of hydrogen-bond donors (Lipinski definition) is 1. The van der Waals surface area contributed by atoms with Crippen LogP contribution in [0.15, 0.2) is 42.5 Å². The first-order valence-electron chi connectivity index (χ1n) is 11.1. The standard InChI is InChI=1S/C25H28N2O4/c1-16-3-2-4-19(11-16)21-9-8-20(14-27(21)25(29)18-6-7-18)24(28)26-13-17-5-10-22-23(12-17)31-15-30-22/h2-5,10-12,18,20-21H,6-9,13-15H2,1H3,(H,26,28). The number of rotatable bonds is 5. The van der Waals surface area contributed by atoms with E-state index in [0.717, 1.165) is 37.0 Å². The van der Waals surface area contributed by atoms with Crippen molar-refractivity contribution in [3.05, 3.63) is 59.2 Å². The van der Waals surface area contributed by atoms with Gasteiger partial charge in [0.2, 0.25) is 18.6 Å². The highest BCUT2D eigenvalue weighted by molar-refractivity contribution is 5.84. The maximum Gasteiger partial charge on any atom is 0.231 e. The van der Waals surface area contributed by atoms with E-state index in [2.05, 4.69) is 36.5 Å².